The first-order chi connectivity index (χ1) is 47.1. The molecule has 0 saturated heterocycles. The number of benzene rings is 8. The van der Waals surface area contributed by atoms with Crippen LogP contribution in [0.3, 0.4) is 0 Å². The number of carbonyl (C=O) groups excluding carboxylic acids is 2. The Labute approximate surface area is 649 Å². The Morgan fingerprint density at radius 1 is 0.317 bits per heavy atom. The van der Waals surface area contributed by atoms with Crippen LogP contribution in [0.2, 0.25) is 0 Å². The molecule has 0 aliphatic heterocycles. The molecule has 8 rings (SSSR count). The van der Waals surface area contributed by atoms with Crippen LogP contribution in [0, 0.1) is 55.4 Å². The van der Waals surface area contributed by atoms with E-state index in [-0.39, 0.29) is 21.7 Å². The topological polar surface area (TPSA) is 89.9 Å². The van der Waals surface area contributed by atoms with E-state index in [2.05, 4.69) is 311 Å². The van der Waals surface area contributed by atoms with Crippen molar-refractivity contribution in [2.24, 2.45) is 0 Å². The molecule has 0 radical (unpaired) electrons. The number of hydrogen-bond acceptors (Lipinski definition) is 8. The first kappa shape index (κ1) is 83.7. The molecule has 104 heavy (non-hydrogen) atoms. The molecule has 0 aliphatic rings. The molecule has 8 aromatic rings. The molecule has 0 aliphatic carbocycles. The van der Waals surface area contributed by atoms with E-state index in [0.717, 1.165) is 164 Å². The van der Waals surface area contributed by atoms with Crippen molar-refractivity contribution in [2.45, 2.75) is 309 Å². The number of aliphatic hydroxyl groups is 2. The van der Waals surface area contributed by atoms with E-state index >= 15 is 14.7 Å². The molecule has 0 bridgehead atoms. The summed E-state index contributed by atoms with van der Waals surface area (Å²) in [5.74, 6) is -2.86. The van der Waals surface area contributed by atoms with Crippen LogP contribution in [-0.4, -0.2) is 28.1 Å². The lowest BCUT2D eigenvalue weighted by molar-refractivity contribution is -0.145. The fourth-order valence-electron chi connectivity index (χ4n) is 15.5. The molecule has 2 amide bonds. The SMILES string of the molecule is Cc1cc(S)c(C(C)(C)C)cc1-c1cc(C(C)(C)C)c(C(c2cc(C)c(-c3cc(C(C)(C)C)c(S)cc3C)cc2C(C)(C)C)C(O)(C(=O)NN(C(=O)C(C)O)c2cc(C)c(-c3cc(C(C)(C)C)c(S)cc3C)cc2C(C)(C)C)c2cc(C)c(-c3cc(C(C)(C)C)c(S)cc3C)cc2C(C)(C)C)cc1C. The first-order valence-corrected chi connectivity index (χ1v) is 39.0. The third-order valence-electron chi connectivity index (χ3n) is 21.3. The second-order valence-electron chi connectivity index (χ2n) is 38.6. The Kier molecular flexibility index (Phi) is 23.2. The molecule has 0 heterocycles. The maximum atomic E-state index is 18.1. The minimum Gasteiger partial charge on any atom is -0.383 e. The normalized spacial score (nSPS) is 13.9. The predicted octanol–water partition coefficient (Wildman–Crippen LogP) is 24.8. The van der Waals surface area contributed by atoms with Gasteiger partial charge < -0.3 is 10.2 Å². The average molecular weight is 1470 g/mol. The highest BCUT2D eigenvalue weighted by Gasteiger charge is 2.53. The van der Waals surface area contributed by atoms with Gasteiger partial charge in [0.2, 0.25) is 0 Å². The lowest BCUT2D eigenvalue weighted by atomic mass is 9.63. The summed E-state index contributed by atoms with van der Waals surface area (Å²) in [5, 5.41) is 29.4. The smallest absolute Gasteiger partial charge is 0.276 e. The van der Waals surface area contributed by atoms with E-state index in [1.807, 2.05) is 13.0 Å². The van der Waals surface area contributed by atoms with Gasteiger partial charge in [-0.2, -0.15) is 0 Å². The molecule has 0 saturated carbocycles. The lowest BCUT2D eigenvalue weighted by Gasteiger charge is -2.44. The van der Waals surface area contributed by atoms with Crippen LogP contribution >= 0.6 is 50.5 Å². The Balaban J connectivity index is 1.65. The number of nitrogens with zero attached hydrogens (tertiary/aromatic N) is 1. The van der Waals surface area contributed by atoms with Crippen LogP contribution in [0.25, 0.3) is 44.5 Å². The summed E-state index contributed by atoms with van der Waals surface area (Å²) < 4.78 is 0. The van der Waals surface area contributed by atoms with Gasteiger partial charge in [0, 0.05) is 19.6 Å². The number of aryl methyl sites for hydroxylation is 8. The summed E-state index contributed by atoms with van der Waals surface area (Å²) in [4.78, 5) is 37.6. The van der Waals surface area contributed by atoms with Gasteiger partial charge in [-0.05, 0) is 323 Å². The standard InChI is InChI=1S/C94H124N2O4S4/c1-50-34-67(69(86(10,11)12)42-59(50)63-46-74(90(22,23)24)79(101)38-54(63)5)83(68-35-51(2)60(43-70(68)87(13,14)15)64-47-75(91(25,26)27)80(102)39-55(64)6)94(100,72-36-52(3)61(44-71(72)88(16,17)18)65-48-76(92(28,29)30)81(103)40-56(65)7)85(99)95-96(84(98)58(9)97)78-37-53(4)62(45-73(78)89(19,20)21)66-49-77(93(31,32)33)82(104)41-57(66)8/h34-49,58,83,97,100-104H,1-33H3,(H,95,99). The van der Waals surface area contributed by atoms with Gasteiger partial charge in [-0.3, -0.25) is 15.0 Å². The Bertz CT molecular complexity index is 4580. The van der Waals surface area contributed by atoms with E-state index < -0.39 is 51.1 Å². The van der Waals surface area contributed by atoms with Crippen LogP contribution in [0.4, 0.5) is 5.69 Å². The molecule has 0 spiro atoms. The minimum absolute atomic E-state index is 0.220. The Morgan fingerprint density at radius 3 is 0.798 bits per heavy atom. The summed E-state index contributed by atoms with van der Waals surface area (Å²) in [6.07, 6.45) is -1.61. The van der Waals surface area contributed by atoms with Crippen molar-refractivity contribution in [1.82, 2.24) is 5.43 Å². The fraction of sp³-hybridized carbons (Fsp3) is 0.468. The van der Waals surface area contributed by atoms with Gasteiger partial charge in [-0.1, -0.05) is 197 Å². The summed E-state index contributed by atoms with van der Waals surface area (Å²) in [5.41, 5.74) is 23.1. The summed E-state index contributed by atoms with van der Waals surface area (Å²) in [7, 11) is 0. The van der Waals surface area contributed by atoms with Crippen molar-refractivity contribution in [1.29, 1.82) is 0 Å². The molecule has 2 atom stereocenters. The van der Waals surface area contributed by atoms with Crippen LogP contribution in [-0.2, 0) is 58.5 Å². The Hall–Kier alpha value is -5.98. The third kappa shape index (κ3) is 16.7. The summed E-state index contributed by atoms with van der Waals surface area (Å²) in [6.45, 7) is 70.9. The zero-order valence-corrected chi connectivity index (χ0v) is 72.9. The van der Waals surface area contributed by atoms with Crippen LogP contribution < -0.4 is 10.4 Å². The van der Waals surface area contributed by atoms with Crippen molar-refractivity contribution < 1.29 is 19.8 Å². The number of thiol groups is 4. The Morgan fingerprint density at radius 2 is 0.538 bits per heavy atom. The molecular weight excluding hydrogens is 1350 g/mol. The van der Waals surface area contributed by atoms with Crippen molar-refractivity contribution in [2.75, 3.05) is 5.01 Å². The molecule has 558 valence electrons. The van der Waals surface area contributed by atoms with Crippen molar-refractivity contribution in [3.05, 3.63) is 203 Å². The monoisotopic (exact) mass is 1470 g/mol. The zero-order valence-electron chi connectivity index (χ0n) is 69.3. The number of hydrazine groups is 1. The predicted molar refractivity (Wildman–Crippen MR) is 457 cm³/mol. The second kappa shape index (κ2) is 28.9. The van der Waals surface area contributed by atoms with Crippen molar-refractivity contribution >= 4 is 68.0 Å². The molecule has 0 aromatic heterocycles. The quantitative estimate of drug-likeness (QED) is 0.0519. The number of carbonyl (C=O) groups is 2. The highest BCUT2D eigenvalue weighted by molar-refractivity contribution is 7.80. The van der Waals surface area contributed by atoms with E-state index in [9.17, 15) is 5.11 Å². The summed E-state index contributed by atoms with van der Waals surface area (Å²) in [6, 6.07) is 35.2. The van der Waals surface area contributed by atoms with Gasteiger partial charge in [0.05, 0.1) is 11.6 Å². The van der Waals surface area contributed by atoms with Gasteiger partial charge in [0.25, 0.3) is 11.8 Å². The van der Waals surface area contributed by atoms with Gasteiger partial charge in [-0.15, -0.1) is 50.5 Å². The number of nitrogens with one attached hydrogen (secondary N) is 1. The molecule has 6 nitrogen and oxygen atoms in total. The minimum atomic E-state index is -2.62. The molecule has 8 aromatic carbocycles. The van der Waals surface area contributed by atoms with Crippen LogP contribution in [0.1, 0.15) is 285 Å². The number of rotatable bonds is 11. The molecule has 2 unspecified atom stereocenters. The molecular formula is C94H124N2O4S4. The van der Waals surface area contributed by atoms with Crippen molar-refractivity contribution in [3.63, 3.8) is 0 Å². The number of hydrogen-bond donors (Lipinski definition) is 7. The van der Waals surface area contributed by atoms with E-state index in [1.165, 1.54) is 11.9 Å². The average Bonchev–Trinajstić information content (AvgIpc) is 0.709. The van der Waals surface area contributed by atoms with E-state index in [4.69, 9.17) is 50.5 Å². The fourth-order valence-corrected chi connectivity index (χ4v) is 17.9. The number of aliphatic hydroxyl groups excluding tert-OH is 1. The number of amides is 2. The molecule has 0 fully saturated rings. The first-order valence-electron chi connectivity index (χ1n) is 37.2. The van der Waals surface area contributed by atoms with E-state index in [1.54, 1.807) is 0 Å². The highest BCUT2D eigenvalue weighted by Crippen LogP contribution is 2.55. The summed E-state index contributed by atoms with van der Waals surface area (Å²) >= 11 is 20.2. The van der Waals surface area contributed by atoms with Gasteiger partial charge in [0.15, 0.2) is 5.60 Å². The van der Waals surface area contributed by atoms with Gasteiger partial charge in [0.1, 0.15) is 6.10 Å². The number of anilines is 1. The molecule has 10 heteroatoms. The second-order valence-corrected chi connectivity index (χ2v) is 40.6. The highest BCUT2D eigenvalue weighted by atomic mass is 32.1. The van der Waals surface area contributed by atoms with Gasteiger partial charge in [-0.25, -0.2) is 5.01 Å². The van der Waals surface area contributed by atoms with E-state index in [0.29, 0.717) is 11.3 Å². The maximum absolute atomic E-state index is 18.1. The maximum Gasteiger partial charge on any atom is 0.276 e. The van der Waals surface area contributed by atoms with Crippen molar-refractivity contribution in [3.8, 4) is 44.5 Å². The lowest BCUT2D eigenvalue weighted by Crippen LogP contribution is -2.59. The molecule has 3 N–H and O–H groups in total. The zero-order chi connectivity index (χ0) is 78.9. The van der Waals surface area contributed by atoms with Crippen LogP contribution in [0.5, 0.6) is 0 Å². The largest absolute Gasteiger partial charge is 0.383 e. The van der Waals surface area contributed by atoms with Crippen LogP contribution in [0.15, 0.2) is 117 Å². The van der Waals surface area contributed by atoms with Gasteiger partial charge >= 0.3 is 0 Å². The third-order valence-corrected chi connectivity index (χ3v) is 22.8.